The average molecular weight is 191 g/mol. The number of hydrogen-bond acceptors (Lipinski definition) is 2. The molecule has 2 heteroatoms. The van der Waals surface area contributed by atoms with Gasteiger partial charge in [-0.15, -0.1) is 0 Å². The number of allylic oxidation sites excluding steroid dienone is 2. The van der Waals surface area contributed by atoms with Crippen molar-refractivity contribution in [2.75, 3.05) is 6.54 Å². The Hall–Kier alpha value is -0.790. The van der Waals surface area contributed by atoms with Crippen molar-refractivity contribution in [2.24, 2.45) is 0 Å². The van der Waals surface area contributed by atoms with Gasteiger partial charge in [0.05, 0.1) is 0 Å². The minimum atomic E-state index is 0.459. The maximum absolute atomic E-state index is 11.8. The molecule has 1 aliphatic carbocycles. The van der Waals surface area contributed by atoms with Gasteiger partial charge in [0.25, 0.3) is 0 Å². The molecule has 76 valence electrons. The second-order valence-electron chi connectivity index (χ2n) is 4.75. The number of piperidine rings is 1. The molecular weight excluding hydrogens is 174 g/mol. The molecule has 1 unspecified atom stereocenters. The highest BCUT2D eigenvalue weighted by Crippen LogP contribution is 2.39. The molecule has 0 radical (unpaired) electrons. The van der Waals surface area contributed by atoms with Gasteiger partial charge in [-0.1, -0.05) is 0 Å². The Morgan fingerprint density at radius 2 is 2.07 bits per heavy atom. The third-order valence-electron chi connectivity index (χ3n) is 3.92. The molecular formula is C12H17NO. The van der Waals surface area contributed by atoms with Gasteiger partial charge in [-0.05, 0) is 38.5 Å². The van der Waals surface area contributed by atoms with Gasteiger partial charge in [0.15, 0.2) is 5.78 Å². The molecule has 3 rings (SSSR count). The van der Waals surface area contributed by atoms with Crippen molar-refractivity contribution in [1.29, 1.82) is 0 Å². The molecule has 0 saturated carbocycles. The van der Waals surface area contributed by atoms with Crippen LogP contribution in [0.4, 0.5) is 0 Å². The molecule has 0 N–H and O–H groups in total. The molecule has 0 spiro atoms. The Morgan fingerprint density at radius 1 is 1.14 bits per heavy atom. The number of rotatable bonds is 0. The lowest BCUT2D eigenvalue weighted by Crippen LogP contribution is -2.43. The van der Waals surface area contributed by atoms with Crippen molar-refractivity contribution in [1.82, 2.24) is 4.90 Å². The standard InChI is InChI=1S/C12H17NO/c14-12-8-9-4-1-2-7-13(9)11-6-3-5-10(11)12/h9H,1-8H2. The summed E-state index contributed by atoms with van der Waals surface area (Å²) >= 11 is 0. The van der Waals surface area contributed by atoms with Crippen molar-refractivity contribution in [3.05, 3.63) is 11.3 Å². The van der Waals surface area contributed by atoms with Gasteiger partial charge >= 0.3 is 0 Å². The van der Waals surface area contributed by atoms with Crippen LogP contribution in [0.25, 0.3) is 0 Å². The number of hydrogen-bond donors (Lipinski definition) is 0. The lowest BCUT2D eigenvalue weighted by molar-refractivity contribution is -0.118. The van der Waals surface area contributed by atoms with Crippen molar-refractivity contribution >= 4 is 5.78 Å². The van der Waals surface area contributed by atoms with E-state index in [2.05, 4.69) is 4.90 Å². The normalized spacial score (nSPS) is 31.9. The van der Waals surface area contributed by atoms with E-state index in [1.54, 1.807) is 0 Å². The van der Waals surface area contributed by atoms with Gasteiger partial charge < -0.3 is 4.90 Å². The molecule has 0 aromatic rings. The molecule has 2 heterocycles. The lowest BCUT2D eigenvalue weighted by Gasteiger charge is -2.41. The largest absolute Gasteiger partial charge is 0.371 e. The zero-order valence-electron chi connectivity index (χ0n) is 8.59. The fraction of sp³-hybridized carbons (Fsp3) is 0.750. The fourth-order valence-electron chi connectivity index (χ4n) is 3.25. The third kappa shape index (κ3) is 1.13. The molecule has 14 heavy (non-hydrogen) atoms. The van der Waals surface area contributed by atoms with E-state index in [1.807, 2.05) is 0 Å². The molecule has 1 saturated heterocycles. The maximum Gasteiger partial charge on any atom is 0.162 e. The Bertz CT molecular complexity index is 305. The first kappa shape index (κ1) is 8.51. The zero-order valence-corrected chi connectivity index (χ0v) is 8.59. The predicted molar refractivity (Wildman–Crippen MR) is 54.8 cm³/mol. The Balaban J connectivity index is 1.96. The van der Waals surface area contributed by atoms with Crippen LogP contribution >= 0.6 is 0 Å². The van der Waals surface area contributed by atoms with Crippen LogP contribution < -0.4 is 0 Å². The molecule has 0 aromatic heterocycles. The van der Waals surface area contributed by atoms with E-state index in [4.69, 9.17) is 0 Å². The van der Waals surface area contributed by atoms with E-state index in [1.165, 1.54) is 43.5 Å². The molecule has 0 aromatic carbocycles. The summed E-state index contributed by atoms with van der Waals surface area (Å²) in [5.41, 5.74) is 2.61. The molecule has 2 nitrogen and oxygen atoms in total. The van der Waals surface area contributed by atoms with Crippen LogP contribution in [0.15, 0.2) is 11.3 Å². The van der Waals surface area contributed by atoms with Crippen LogP contribution in [-0.4, -0.2) is 23.3 Å². The number of carbonyl (C=O) groups excluding carboxylic acids is 1. The minimum absolute atomic E-state index is 0.459. The van der Waals surface area contributed by atoms with E-state index in [-0.39, 0.29) is 0 Å². The van der Waals surface area contributed by atoms with Crippen LogP contribution in [0, 0.1) is 0 Å². The highest BCUT2D eigenvalue weighted by molar-refractivity contribution is 5.97. The third-order valence-corrected chi connectivity index (χ3v) is 3.92. The van der Waals surface area contributed by atoms with Crippen LogP contribution in [0.2, 0.25) is 0 Å². The van der Waals surface area contributed by atoms with Gasteiger partial charge in [0, 0.05) is 30.3 Å². The summed E-state index contributed by atoms with van der Waals surface area (Å²) in [4.78, 5) is 14.4. The van der Waals surface area contributed by atoms with Crippen molar-refractivity contribution in [3.63, 3.8) is 0 Å². The topological polar surface area (TPSA) is 20.3 Å². The first-order valence-corrected chi connectivity index (χ1v) is 5.88. The van der Waals surface area contributed by atoms with Crippen molar-refractivity contribution in [3.8, 4) is 0 Å². The summed E-state index contributed by atoms with van der Waals surface area (Å²) in [6.07, 6.45) is 8.11. The summed E-state index contributed by atoms with van der Waals surface area (Å²) < 4.78 is 0. The fourth-order valence-corrected chi connectivity index (χ4v) is 3.25. The Kier molecular flexibility index (Phi) is 1.89. The first-order chi connectivity index (χ1) is 6.86. The molecule has 2 aliphatic heterocycles. The SMILES string of the molecule is O=C1CC2CCCCN2C2=C1CCC2. The van der Waals surface area contributed by atoms with Crippen LogP contribution in [0.1, 0.15) is 44.9 Å². The van der Waals surface area contributed by atoms with Gasteiger partial charge in [0.1, 0.15) is 0 Å². The zero-order chi connectivity index (χ0) is 9.54. The van der Waals surface area contributed by atoms with Crippen LogP contribution in [0.5, 0.6) is 0 Å². The van der Waals surface area contributed by atoms with Gasteiger partial charge in [-0.25, -0.2) is 0 Å². The van der Waals surface area contributed by atoms with Gasteiger partial charge in [-0.3, -0.25) is 4.79 Å². The maximum atomic E-state index is 11.8. The number of fused-ring (bicyclic) bond motifs is 2. The number of Topliss-reactive ketones (excluding diaryl/α,β-unsaturated/α-hetero) is 1. The molecule has 1 fully saturated rings. The summed E-state index contributed by atoms with van der Waals surface area (Å²) in [7, 11) is 0. The highest BCUT2D eigenvalue weighted by Gasteiger charge is 2.36. The molecule has 3 aliphatic rings. The number of nitrogens with zero attached hydrogens (tertiary/aromatic N) is 1. The van der Waals surface area contributed by atoms with Crippen molar-refractivity contribution in [2.45, 2.75) is 51.0 Å². The van der Waals surface area contributed by atoms with Crippen LogP contribution in [0.3, 0.4) is 0 Å². The number of carbonyl (C=O) groups is 1. The second-order valence-corrected chi connectivity index (χ2v) is 4.75. The number of ketones is 1. The summed E-state index contributed by atoms with van der Waals surface area (Å²) in [5.74, 6) is 0.459. The monoisotopic (exact) mass is 191 g/mol. The average Bonchev–Trinajstić information content (AvgIpc) is 2.67. The summed E-state index contributed by atoms with van der Waals surface area (Å²) in [6.45, 7) is 1.21. The van der Waals surface area contributed by atoms with Crippen molar-refractivity contribution < 1.29 is 4.79 Å². The van der Waals surface area contributed by atoms with Gasteiger partial charge in [-0.2, -0.15) is 0 Å². The van der Waals surface area contributed by atoms with E-state index in [0.717, 1.165) is 19.3 Å². The predicted octanol–water partition coefficient (Wildman–Crippen LogP) is 2.25. The highest BCUT2D eigenvalue weighted by atomic mass is 16.1. The quantitative estimate of drug-likeness (QED) is 0.585. The molecule has 0 bridgehead atoms. The Labute approximate surface area is 85.0 Å². The minimum Gasteiger partial charge on any atom is -0.371 e. The van der Waals surface area contributed by atoms with E-state index in [9.17, 15) is 4.79 Å². The van der Waals surface area contributed by atoms with E-state index >= 15 is 0 Å². The van der Waals surface area contributed by atoms with Gasteiger partial charge in [0.2, 0.25) is 0 Å². The summed E-state index contributed by atoms with van der Waals surface area (Å²) in [6, 6.07) is 0.563. The molecule has 0 amide bonds. The van der Waals surface area contributed by atoms with E-state index in [0.29, 0.717) is 11.8 Å². The first-order valence-electron chi connectivity index (χ1n) is 5.88. The molecule has 1 atom stereocenters. The second kappa shape index (κ2) is 3.11. The Morgan fingerprint density at radius 3 is 3.00 bits per heavy atom. The smallest absolute Gasteiger partial charge is 0.162 e. The van der Waals surface area contributed by atoms with Crippen LogP contribution in [-0.2, 0) is 4.79 Å². The lowest BCUT2D eigenvalue weighted by atomic mass is 9.90. The van der Waals surface area contributed by atoms with E-state index < -0.39 is 0 Å². The summed E-state index contributed by atoms with van der Waals surface area (Å²) in [5, 5.41) is 0.